The molecule has 0 unspecified atom stereocenters. The summed E-state index contributed by atoms with van der Waals surface area (Å²) in [5, 5.41) is 10.1. The minimum atomic E-state index is -0.831. The summed E-state index contributed by atoms with van der Waals surface area (Å²) in [6.07, 6.45) is 0. The fraction of sp³-hybridized carbons (Fsp3) is 0.133. The molecule has 0 aromatic heterocycles. The van der Waals surface area contributed by atoms with Gasteiger partial charge in [0, 0.05) is 10.0 Å². The predicted molar refractivity (Wildman–Crippen MR) is 84.8 cm³/mol. The first kappa shape index (κ1) is 15.2. The van der Waals surface area contributed by atoms with Gasteiger partial charge in [0.05, 0.1) is 11.0 Å². The van der Waals surface area contributed by atoms with E-state index < -0.39 is 5.97 Å². The number of aliphatic carboxylic acids is 1. The quantitative estimate of drug-likeness (QED) is 0.848. The van der Waals surface area contributed by atoms with Crippen LogP contribution in [0.2, 0.25) is 10.0 Å². The van der Waals surface area contributed by atoms with Crippen LogP contribution in [0.3, 0.4) is 0 Å². The molecule has 104 valence electrons. The maximum atomic E-state index is 10.8. The first-order valence-corrected chi connectivity index (χ1v) is 7.71. The maximum absolute atomic E-state index is 10.8. The van der Waals surface area contributed by atoms with E-state index in [4.69, 9.17) is 28.3 Å². The molecule has 2 aromatic carbocycles. The van der Waals surface area contributed by atoms with Gasteiger partial charge in [-0.2, -0.15) is 0 Å². The normalized spacial score (nSPS) is 10.8. The fourth-order valence-corrected chi connectivity index (χ4v) is 3.08. The van der Waals surface area contributed by atoms with Gasteiger partial charge in [0.1, 0.15) is 0 Å². The molecule has 0 heterocycles. The molecule has 1 N–H and O–H groups in total. The minimum Gasteiger partial charge on any atom is -0.481 e. The zero-order chi connectivity index (χ0) is 14.5. The van der Waals surface area contributed by atoms with Crippen molar-refractivity contribution < 1.29 is 9.90 Å². The Morgan fingerprint density at radius 1 is 0.950 bits per heavy atom. The Hall–Kier alpha value is -1.16. The second-order valence-electron chi connectivity index (χ2n) is 4.19. The van der Waals surface area contributed by atoms with E-state index in [1.165, 1.54) is 11.8 Å². The van der Waals surface area contributed by atoms with Crippen LogP contribution in [0, 0.1) is 0 Å². The fourth-order valence-electron chi connectivity index (χ4n) is 1.81. The number of benzene rings is 2. The summed E-state index contributed by atoms with van der Waals surface area (Å²) in [4.78, 5) is 10.8. The van der Waals surface area contributed by atoms with Crippen LogP contribution in [-0.2, 0) is 4.79 Å². The van der Waals surface area contributed by atoms with E-state index in [0.29, 0.717) is 10.0 Å². The van der Waals surface area contributed by atoms with Crippen LogP contribution < -0.4 is 0 Å². The zero-order valence-electron chi connectivity index (χ0n) is 10.4. The van der Waals surface area contributed by atoms with E-state index in [1.807, 2.05) is 24.3 Å². The molecule has 2 nitrogen and oxygen atoms in total. The Morgan fingerprint density at radius 3 is 1.70 bits per heavy atom. The van der Waals surface area contributed by atoms with Gasteiger partial charge in [0.2, 0.25) is 0 Å². The third-order valence-electron chi connectivity index (χ3n) is 2.72. The van der Waals surface area contributed by atoms with Gasteiger partial charge in [0.15, 0.2) is 0 Å². The van der Waals surface area contributed by atoms with Crippen LogP contribution in [0.15, 0.2) is 48.5 Å². The van der Waals surface area contributed by atoms with Crippen molar-refractivity contribution in [3.8, 4) is 0 Å². The molecule has 0 radical (unpaired) electrons. The van der Waals surface area contributed by atoms with Crippen LogP contribution in [0.4, 0.5) is 0 Å². The summed E-state index contributed by atoms with van der Waals surface area (Å²) in [6, 6.07) is 14.9. The molecule has 0 aliphatic heterocycles. The van der Waals surface area contributed by atoms with Gasteiger partial charge in [0.25, 0.3) is 0 Å². The van der Waals surface area contributed by atoms with Crippen molar-refractivity contribution in [1.29, 1.82) is 0 Å². The van der Waals surface area contributed by atoms with Gasteiger partial charge in [-0.15, -0.1) is 11.8 Å². The highest BCUT2D eigenvalue weighted by Gasteiger charge is 2.16. The third-order valence-corrected chi connectivity index (χ3v) is 4.51. The standard InChI is InChI=1S/C15H12Cl2O2S/c16-12-5-1-10(2-6-12)15(20-9-14(18)19)11-3-7-13(17)8-4-11/h1-8,15H,9H2,(H,18,19). The van der Waals surface area contributed by atoms with Crippen molar-refractivity contribution in [2.45, 2.75) is 5.25 Å². The molecule has 0 amide bonds. The number of rotatable bonds is 5. The molecular formula is C15H12Cl2O2S. The lowest BCUT2D eigenvalue weighted by atomic mass is 10.0. The molecule has 20 heavy (non-hydrogen) atoms. The van der Waals surface area contributed by atoms with Crippen LogP contribution in [0.5, 0.6) is 0 Å². The largest absolute Gasteiger partial charge is 0.481 e. The molecule has 0 saturated heterocycles. The zero-order valence-corrected chi connectivity index (χ0v) is 12.8. The Kier molecular flexibility index (Phi) is 5.35. The number of carbonyl (C=O) groups is 1. The molecule has 0 aliphatic carbocycles. The highest BCUT2D eigenvalue weighted by molar-refractivity contribution is 8.00. The molecule has 0 fully saturated rings. The maximum Gasteiger partial charge on any atom is 0.313 e. The topological polar surface area (TPSA) is 37.3 Å². The van der Waals surface area contributed by atoms with Crippen molar-refractivity contribution >= 4 is 40.9 Å². The van der Waals surface area contributed by atoms with Crippen molar-refractivity contribution in [2.75, 3.05) is 5.75 Å². The van der Waals surface area contributed by atoms with E-state index >= 15 is 0 Å². The van der Waals surface area contributed by atoms with Crippen molar-refractivity contribution in [1.82, 2.24) is 0 Å². The molecule has 2 rings (SSSR count). The highest BCUT2D eigenvalue weighted by atomic mass is 35.5. The van der Waals surface area contributed by atoms with Crippen LogP contribution >= 0.6 is 35.0 Å². The minimum absolute atomic E-state index is 0.0376. The molecular weight excluding hydrogens is 315 g/mol. The Morgan fingerprint density at radius 2 is 1.35 bits per heavy atom. The Bertz CT molecular complexity index is 536. The van der Waals surface area contributed by atoms with Gasteiger partial charge >= 0.3 is 5.97 Å². The molecule has 0 atom stereocenters. The lowest BCUT2D eigenvalue weighted by Gasteiger charge is -2.17. The van der Waals surface area contributed by atoms with Gasteiger partial charge < -0.3 is 5.11 Å². The van der Waals surface area contributed by atoms with E-state index in [1.54, 1.807) is 24.3 Å². The number of hydrogen-bond donors (Lipinski definition) is 1. The van der Waals surface area contributed by atoms with E-state index in [0.717, 1.165) is 11.1 Å². The average molecular weight is 327 g/mol. The second kappa shape index (κ2) is 7.02. The molecule has 0 bridgehead atoms. The summed E-state index contributed by atoms with van der Waals surface area (Å²) in [5.74, 6) is -0.793. The monoisotopic (exact) mass is 326 g/mol. The van der Waals surface area contributed by atoms with E-state index in [2.05, 4.69) is 0 Å². The summed E-state index contributed by atoms with van der Waals surface area (Å²) >= 11 is 13.1. The summed E-state index contributed by atoms with van der Waals surface area (Å²) in [6.45, 7) is 0. The smallest absolute Gasteiger partial charge is 0.313 e. The van der Waals surface area contributed by atoms with E-state index in [9.17, 15) is 4.79 Å². The molecule has 2 aromatic rings. The SMILES string of the molecule is O=C(O)CSC(c1ccc(Cl)cc1)c1ccc(Cl)cc1. The molecule has 0 saturated carbocycles. The van der Waals surface area contributed by atoms with Gasteiger partial charge in [-0.05, 0) is 35.4 Å². The predicted octanol–water partition coefficient (Wildman–Crippen LogP) is 4.90. The number of hydrogen-bond acceptors (Lipinski definition) is 2. The Labute approximate surface area is 131 Å². The van der Waals surface area contributed by atoms with Crippen LogP contribution in [-0.4, -0.2) is 16.8 Å². The molecule has 5 heteroatoms. The molecule has 0 spiro atoms. The van der Waals surface area contributed by atoms with Crippen LogP contribution in [0.25, 0.3) is 0 Å². The average Bonchev–Trinajstić information content (AvgIpc) is 2.42. The van der Waals surface area contributed by atoms with Gasteiger partial charge in [-0.25, -0.2) is 0 Å². The van der Waals surface area contributed by atoms with Crippen LogP contribution in [0.1, 0.15) is 16.4 Å². The first-order valence-electron chi connectivity index (χ1n) is 5.90. The van der Waals surface area contributed by atoms with Crippen molar-refractivity contribution in [3.05, 3.63) is 69.7 Å². The highest BCUT2D eigenvalue weighted by Crippen LogP contribution is 2.36. The Balaban J connectivity index is 2.30. The summed E-state index contributed by atoms with van der Waals surface area (Å²) < 4.78 is 0. The lowest BCUT2D eigenvalue weighted by molar-refractivity contribution is -0.133. The van der Waals surface area contributed by atoms with E-state index in [-0.39, 0.29) is 11.0 Å². The summed E-state index contributed by atoms with van der Waals surface area (Å²) in [7, 11) is 0. The lowest BCUT2D eigenvalue weighted by Crippen LogP contribution is -2.04. The third kappa shape index (κ3) is 4.17. The molecule has 0 aliphatic rings. The number of carboxylic acid groups (broad SMARTS) is 1. The van der Waals surface area contributed by atoms with Crippen molar-refractivity contribution in [2.24, 2.45) is 0 Å². The number of carboxylic acids is 1. The second-order valence-corrected chi connectivity index (χ2v) is 6.15. The first-order chi connectivity index (χ1) is 9.56. The van der Waals surface area contributed by atoms with Gasteiger partial charge in [-0.1, -0.05) is 47.5 Å². The number of halogens is 2. The van der Waals surface area contributed by atoms with Crippen molar-refractivity contribution in [3.63, 3.8) is 0 Å². The summed E-state index contributed by atoms with van der Waals surface area (Å²) in [5.41, 5.74) is 2.03. The van der Waals surface area contributed by atoms with Gasteiger partial charge in [-0.3, -0.25) is 4.79 Å². The number of thioether (sulfide) groups is 1.